The number of esters is 1. The van der Waals surface area contributed by atoms with Crippen LogP contribution in [0.3, 0.4) is 0 Å². The van der Waals surface area contributed by atoms with Crippen LogP contribution in [0.15, 0.2) is 30.3 Å². The van der Waals surface area contributed by atoms with E-state index in [4.69, 9.17) is 0 Å². The number of carbonyl (C=O) groups excluding carboxylic acids is 1. The van der Waals surface area contributed by atoms with Gasteiger partial charge in [0.2, 0.25) is 0 Å². The SMILES string of the molecule is COC(=O)[C@@H]1CN(Cc2ccccc2)C[C@H]1O. The van der Waals surface area contributed by atoms with Gasteiger partial charge in [0.05, 0.1) is 19.1 Å². The minimum absolute atomic E-state index is 0.326. The molecule has 1 saturated heterocycles. The number of nitrogens with zero attached hydrogens (tertiary/aromatic N) is 1. The first-order valence-electron chi connectivity index (χ1n) is 5.73. The summed E-state index contributed by atoms with van der Waals surface area (Å²) in [5, 5.41) is 9.80. The van der Waals surface area contributed by atoms with Crippen LogP contribution in [0.1, 0.15) is 5.56 Å². The highest BCUT2D eigenvalue weighted by molar-refractivity contribution is 5.73. The van der Waals surface area contributed by atoms with E-state index in [0.29, 0.717) is 13.1 Å². The van der Waals surface area contributed by atoms with Gasteiger partial charge in [-0.3, -0.25) is 9.69 Å². The zero-order chi connectivity index (χ0) is 12.3. The van der Waals surface area contributed by atoms with Crippen molar-refractivity contribution in [1.82, 2.24) is 4.90 Å². The maximum atomic E-state index is 11.4. The Balaban J connectivity index is 1.95. The Bertz CT molecular complexity index is 380. The van der Waals surface area contributed by atoms with Gasteiger partial charge in [0, 0.05) is 19.6 Å². The number of aliphatic hydroxyl groups excluding tert-OH is 1. The number of likely N-dealkylation sites (tertiary alicyclic amines) is 1. The second-order valence-electron chi connectivity index (χ2n) is 4.38. The van der Waals surface area contributed by atoms with E-state index in [1.165, 1.54) is 12.7 Å². The number of methoxy groups -OCH3 is 1. The fraction of sp³-hybridized carbons (Fsp3) is 0.462. The normalized spacial score (nSPS) is 24.8. The van der Waals surface area contributed by atoms with E-state index in [0.717, 1.165) is 6.54 Å². The Morgan fingerprint density at radius 1 is 1.41 bits per heavy atom. The van der Waals surface area contributed by atoms with Crippen LogP contribution in [0.2, 0.25) is 0 Å². The fourth-order valence-corrected chi connectivity index (χ4v) is 2.22. The van der Waals surface area contributed by atoms with Gasteiger partial charge in [-0.1, -0.05) is 30.3 Å². The highest BCUT2D eigenvalue weighted by atomic mass is 16.5. The van der Waals surface area contributed by atoms with Crippen LogP contribution in [0.4, 0.5) is 0 Å². The summed E-state index contributed by atoms with van der Waals surface area (Å²) in [6, 6.07) is 10.0. The van der Waals surface area contributed by atoms with Crippen molar-refractivity contribution in [2.75, 3.05) is 20.2 Å². The van der Waals surface area contributed by atoms with Crippen molar-refractivity contribution in [2.24, 2.45) is 5.92 Å². The van der Waals surface area contributed by atoms with E-state index in [9.17, 15) is 9.90 Å². The molecule has 4 heteroatoms. The van der Waals surface area contributed by atoms with Crippen LogP contribution in [0.25, 0.3) is 0 Å². The molecule has 92 valence electrons. The largest absolute Gasteiger partial charge is 0.469 e. The molecule has 2 atom stereocenters. The van der Waals surface area contributed by atoms with Crippen molar-refractivity contribution >= 4 is 5.97 Å². The van der Waals surface area contributed by atoms with Gasteiger partial charge in [-0.2, -0.15) is 0 Å². The van der Waals surface area contributed by atoms with Crippen molar-refractivity contribution in [3.05, 3.63) is 35.9 Å². The molecule has 1 aromatic rings. The Hall–Kier alpha value is -1.39. The van der Waals surface area contributed by atoms with Crippen LogP contribution in [-0.4, -0.2) is 42.3 Å². The molecule has 0 bridgehead atoms. The predicted molar refractivity (Wildman–Crippen MR) is 63.2 cm³/mol. The summed E-state index contributed by atoms with van der Waals surface area (Å²) >= 11 is 0. The van der Waals surface area contributed by atoms with E-state index >= 15 is 0 Å². The third-order valence-electron chi connectivity index (χ3n) is 3.12. The van der Waals surface area contributed by atoms with E-state index in [-0.39, 0.29) is 5.97 Å². The summed E-state index contributed by atoms with van der Waals surface area (Å²) < 4.78 is 4.68. The van der Waals surface area contributed by atoms with E-state index in [2.05, 4.69) is 9.64 Å². The van der Waals surface area contributed by atoms with Gasteiger partial charge in [0.25, 0.3) is 0 Å². The van der Waals surface area contributed by atoms with Crippen molar-refractivity contribution in [2.45, 2.75) is 12.6 Å². The molecule has 0 saturated carbocycles. The van der Waals surface area contributed by atoms with E-state index < -0.39 is 12.0 Å². The van der Waals surface area contributed by atoms with Gasteiger partial charge in [-0.05, 0) is 5.56 Å². The van der Waals surface area contributed by atoms with E-state index in [1.807, 2.05) is 30.3 Å². The van der Waals surface area contributed by atoms with Gasteiger partial charge in [0.1, 0.15) is 0 Å². The van der Waals surface area contributed by atoms with Gasteiger partial charge in [0.15, 0.2) is 0 Å². The standard InChI is InChI=1S/C13H17NO3/c1-17-13(16)11-8-14(9-12(11)15)7-10-5-3-2-4-6-10/h2-6,11-12,15H,7-9H2,1H3/t11-,12-/m1/s1. The molecule has 17 heavy (non-hydrogen) atoms. The molecule has 0 aliphatic carbocycles. The monoisotopic (exact) mass is 235 g/mol. The number of benzene rings is 1. The number of hydrogen-bond acceptors (Lipinski definition) is 4. The third-order valence-corrected chi connectivity index (χ3v) is 3.12. The van der Waals surface area contributed by atoms with E-state index in [1.54, 1.807) is 0 Å². The first kappa shape index (κ1) is 12.1. The summed E-state index contributed by atoms with van der Waals surface area (Å²) in [6.45, 7) is 1.84. The minimum atomic E-state index is -0.619. The number of rotatable bonds is 3. The minimum Gasteiger partial charge on any atom is -0.469 e. The number of carbonyl (C=O) groups is 1. The third kappa shape index (κ3) is 2.84. The quantitative estimate of drug-likeness (QED) is 0.782. The molecule has 1 aromatic carbocycles. The average Bonchev–Trinajstić information content (AvgIpc) is 2.70. The van der Waals surface area contributed by atoms with Gasteiger partial charge in [-0.25, -0.2) is 0 Å². The van der Waals surface area contributed by atoms with Crippen molar-refractivity contribution in [3.63, 3.8) is 0 Å². The van der Waals surface area contributed by atoms with Crippen LogP contribution >= 0.6 is 0 Å². The topological polar surface area (TPSA) is 49.8 Å². The fourth-order valence-electron chi connectivity index (χ4n) is 2.22. The van der Waals surface area contributed by atoms with Crippen molar-refractivity contribution < 1.29 is 14.6 Å². The highest BCUT2D eigenvalue weighted by Gasteiger charge is 2.36. The van der Waals surface area contributed by atoms with Crippen LogP contribution in [0, 0.1) is 5.92 Å². The Labute approximate surface area is 101 Å². The summed E-state index contributed by atoms with van der Waals surface area (Å²) in [6.07, 6.45) is -0.619. The molecule has 1 N–H and O–H groups in total. The lowest BCUT2D eigenvalue weighted by molar-refractivity contribution is -0.147. The lowest BCUT2D eigenvalue weighted by Gasteiger charge is -2.14. The van der Waals surface area contributed by atoms with Crippen LogP contribution < -0.4 is 0 Å². The molecule has 0 spiro atoms. The van der Waals surface area contributed by atoms with Gasteiger partial charge >= 0.3 is 5.97 Å². The molecule has 1 aliphatic heterocycles. The first-order valence-corrected chi connectivity index (χ1v) is 5.73. The summed E-state index contributed by atoms with van der Waals surface area (Å²) in [5.74, 6) is -0.739. The molecule has 1 aliphatic rings. The molecule has 1 heterocycles. The molecular weight excluding hydrogens is 218 g/mol. The van der Waals surface area contributed by atoms with Crippen molar-refractivity contribution in [3.8, 4) is 0 Å². The predicted octanol–water partition coefficient (Wildman–Crippen LogP) is 0.652. The lowest BCUT2D eigenvalue weighted by atomic mass is 10.1. The molecule has 0 radical (unpaired) electrons. The smallest absolute Gasteiger partial charge is 0.312 e. The first-order chi connectivity index (χ1) is 8.20. The van der Waals surface area contributed by atoms with Gasteiger partial charge in [-0.15, -0.1) is 0 Å². The molecule has 0 aromatic heterocycles. The maximum absolute atomic E-state index is 11.4. The second-order valence-corrected chi connectivity index (χ2v) is 4.38. The average molecular weight is 235 g/mol. The zero-order valence-electron chi connectivity index (χ0n) is 9.87. The molecule has 1 fully saturated rings. The van der Waals surface area contributed by atoms with Crippen molar-refractivity contribution in [1.29, 1.82) is 0 Å². The maximum Gasteiger partial charge on any atom is 0.312 e. The molecule has 0 unspecified atom stereocenters. The number of aliphatic hydroxyl groups is 1. The Morgan fingerprint density at radius 2 is 2.12 bits per heavy atom. The summed E-state index contributed by atoms with van der Waals surface area (Å²) in [5.41, 5.74) is 1.19. The molecule has 2 rings (SSSR count). The number of β-amino-alcohol motifs (C(OH)–C–C–N with tert-alkyl or cyclic N) is 1. The van der Waals surface area contributed by atoms with Crippen LogP contribution in [-0.2, 0) is 16.1 Å². The molecule has 4 nitrogen and oxygen atoms in total. The summed E-state index contributed by atoms with van der Waals surface area (Å²) in [7, 11) is 1.36. The second kappa shape index (κ2) is 5.29. The lowest BCUT2D eigenvalue weighted by Crippen LogP contribution is -2.27. The van der Waals surface area contributed by atoms with Crippen LogP contribution in [0.5, 0.6) is 0 Å². The number of ether oxygens (including phenoxy) is 1. The molecule has 0 amide bonds. The highest BCUT2D eigenvalue weighted by Crippen LogP contribution is 2.20. The zero-order valence-corrected chi connectivity index (χ0v) is 9.87. The Morgan fingerprint density at radius 3 is 2.76 bits per heavy atom. The molecular formula is C13H17NO3. The number of hydrogen-bond donors (Lipinski definition) is 1. The Kier molecular flexibility index (Phi) is 3.76. The summed E-state index contributed by atoms with van der Waals surface area (Å²) in [4.78, 5) is 13.5. The van der Waals surface area contributed by atoms with Gasteiger partial charge < -0.3 is 9.84 Å².